The second kappa shape index (κ2) is 4.68. The molecule has 1 fully saturated rings. The second-order valence-corrected chi connectivity index (χ2v) is 4.58. The summed E-state index contributed by atoms with van der Waals surface area (Å²) in [5.41, 5.74) is 2.10. The van der Waals surface area contributed by atoms with Gasteiger partial charge in [0.25, 0.3) is 0 Å². The summed E-state index contributed by atoms with van der Waals surface area (Å²) >= 11 is 0. The first-order valence-electron chi connectivity index (χ1n) is 5.78. The van der Waals surface area contributed by atoms with Crippen molar-refractivity contribution in [3.8, 4) is 0 Å². The van der Waals surface area contributed by atoms with Crippen LogP contribution in [0.15, 0.2) is 24.3 Å². The van der Waals surface area contributed by atoms with Crippen molar-refractivity contribution in [3.05, 3.63) is 35.4 Å². The molecule has 1 saturated heterocycles. The molecule has 0 spiro atoms. The minimum atomic E-state index is -1.17. The van der Waals surface area contributed by atoms with Gasteiger partial charge in [-0.2, -0.15) is 0 Å². The fraction of sp³-hybridized carbons (Fsp3) is 0.385. The molecule has 0 aliphatic carbocycles. The maximum Gasteiger partial charge on any atom is 0.408 e. The van der Waals surface area contributed by atoms with E-state index in [9.17, 15) is 9.59 Å². The third-order valence-corrected chi connectivity index (χ3v) is 3.46. The largest absolute Gasteiger partial charge is 0.480 e. The number of hydrogen-bond acceptors (Lipinski definition) is 2. The van der Waals surface area contributed by atoms with Gasteiger partial charge in [-0.05, 0) is 24.5 Å². The van der Waals surface area contributed by atoms with Gasteiger partial charge in [0.15, 0.2) is 0 Å². The summed E-state index contributed by atoms with van der Waals surface area (Å²) < 4.78 is 0. The molecule has 0 aromatic heterocycles. The third-order valence-electron chi connectivity index (χ3n) is 3.46. The fourth-order valence-electron chi connectivity index (χ4n) is 2.55. The molecule has 1 amide bonds. The van der Waals surface area contributed by atoms with Gasteiger partial charge in [0.1, 0.15) is 6.04 Å². The lowest BCUT2D eigenvalue weighted by Crippen LogP contribution is -2.39. The molecular weight excluding hydrogens is 234 g/mol. The van der Waals surface area contributed by atoms with Crippen molar-refractivity contribution in [2.75, 3.05) is 6.54 Å². The van der Waals surface area contributed by atoms with Gasteiger partial charge in [0.05, 0.1) is 0 Å². The summed E-state index contributed by atoms with van der Waals surface area (Å²) in [5, 5.41) is 18.1. The van der Waals surface area contributed by atoms with Crippen molar-refractivity contribution in [1.29, 1.82) is 0 Å². The minimum Gasteiger partial charge on any atom is -0.480 e. The number of aryl methyl sites for hydroxylation is 1. The molecule has 96 valence electrons. The molecular formula is C13H15NO4. The van der Waals surface area contributed by atoms with E-state index in [1.165, 1.54) is 0 Å². The number of hydrogen-bond donors (Lipinski definition) is 2. The molecule has 5 nitrogen and oxygen atoms in total. The Morgan fingerprint density at radius 1 is 1.28 bits per heavy atom. The Bertz CT molecular complexity index is 464. The molecule has 1 aliphatic rings. The Kier molecular flexibility index (Phi) is 3.23. The van der Waals surface area contributed by atoms with Crippen LogP contribution in [0.4, 0.5) is 4.79 Å². The average molecular weight is 249 g/mol. The van der Waals surface area contributed by atoms with Crippen molar-refractivity contribution in [2.24, 2.45) is 0 Å². The van der Waals surface area contributed by atoms with Gasteiger partial charge in [-0.15, -0.1) is 0 Å². The van der Waals surface area contributed by atoms with Gasteiger partial charge >= 0.3 is 12.1 Å². The molecule has 1 aromatic carbocycles. The average Bonchev–Trinajstić information content (AvgIpc) is 2.74. The van der Waals surface area contributed by atoms with Gasteiger partial charge in [0, 0.05) is 12.5 Å². The first-order chi connectivity index (χ1) is 8.50. The molecule has 1 heterocycles. The van der Waals surface area contributed by atoms with Crippen molar-refractivity contribution >= 4 is 12.1 Å². The smallest absolute Gasteiger partial charge is 0.408 e. The fourth-order valence-corrected chi connectivity index (χ4v) is 2.55. The zero-order valence-corrected chi connectivity index (χ0v) is 10.0. The molecule has 2 rings (SSSR count). The summed E-state index contributed by atoms with van der Waals surface area (Å²) in [6.07, 6.45) is -0.828. The van der Waals surface area contributed by atoms with Crippen molar-refractivity contribution in [2.45, 2.75) is 25.3 Å². The van der Waals surface area contributed by atoms with Crippen LogP contribution in [0, 0.1) is 6.92 Å². The van der Waals surface area contributed by atoms with Crippen molar-refractivity contribution < 1.29 is 19.8 Å². The van der Waals surface area contributed by atoms with E-state index in [0.29, 0.717) is 6.42 Å². The number of rotatable bonds is 2. The molecule has 0 bridgehead atoms. The highest BCUT2D eigenvalue weighted by molar-refractivity contribution is 5.80. The number of nitrogens with zero attached hydrogens (tertiary/aromatic N) is 1. The predicted octanol–water partition coefficient (Wildman–Crippen LogP) is 1.92. The Morgan fingerprint density at radius 3 is 2.44 bits per heavy atom. The van der Waals surface area contributed by atoms with E-state index in [1.807, 2.05) is 31.2 Å². The highest BCUT2D eigenvalue weighted by atomic mass is 16.4. The monoisotopic (exact) mass is 249 g/mol. The molecule has 5 heteroatoms. The maximum atomic E-state index is 11.1. The van der Waals surface area contributed by atoms with Crippen molar-refractivity contribution in [3.63, 3.8) is 0 Å². The SMILES string of the molecule is Cc1ccccc1C1CC(C(=O)O)N(C(=O)O)C1. The van der Waals surface area contributed by atoms with Crippen LogP contribution < -0.4 is 0 Å². The van der Waals surface area contributed by atoms with Gasteiger partial charge < -0.3 is 10.2 Å². The molecule has 2 atom stereocenters. The zero-order valence-electron chi connectivity index (χ0n) is 10.0. The molecule has 2 unspecified atom stereocenters. The lowest BCUT2D eigenvalue weighted by atomic mass is 9.93. The molecule has 1 aliphatic heterocycles. The van der Waals surface area contributed by atoms with Crippen LogP contribution in [0.5, 0.6) is 0 Å². The van der Waals surface area contributed by atoms with E-state index in [0.717, 1.165) is 16.0 Å². The number of carboxylic acids is 1. The molecule has 0 saturated carbocycles. The summed E-state index contributed by atoms with van der Waals surface area (Å²) in [4.78, 5) is 23.1. The standard InChI is InChI=1S/C13H15NO4/c1-8-4-2-3-5-10(8)9-6-11(12(15)16)14(7-9)13(17)18/h2-5,9,11H,6-7H2,1H3,(H,15,16)(H,17,18). The van der Waals surface area contributed by atoms with Crippen LogP contribution in [-0.2, 0) is 4.79 Å². The number of benzene rings is 1. The van der Waals surface area contributed by atoms with Crippen LogP contribution in [-0.4, -0.2) is 39.8 Å². The number of carboxylic acid groups (broad SMARTS) is 2. The van der Waals surface area contributed by atoms with Crippen LogP contribution >= 0.6 is 0 Å². The van der Waals surface area contributed by atoms with E-state index in [4.69, 9.17) is 10.2 Å². The van der Waals surface area contributed by atoms with E-state index >= 15 is 0 Å². The van der Waals surface area contributed by atoms with E-state index in [2.05, 4.69) is 0 Å². The summed E-state index contributed by atoms with van der Waals surface area (Å²) in [7, 11) is 0. The molecule has 0 radical (unpaired) electrons. The van der Waals surface area contributed by atoms with Gasteiger partial charge in [-0.1, -0.05) is 24.3 Å². The van der Waals surface area contributed by atoms with Crippen LogP contribution in [0.1, 0.15) is 23.5 Å². The second-order valence-electron chi connectivity index (χ2n) is 4.58. The predicted molar refractivity (Wildman–Crippen MR) is 64.7 cm³/mol. The number of carbonyl (C=O) groups is 2. The van der Waals surface area contributed by atoms with Crippen molar-refractivity contribution in [1.82, 2.24) is 4.90 Å². The van der Waals surface area contributed by atoms with E-state index in [1.54, 1.807) is 0 Å². The Labute approximate surface area is 105 Å². The first kappa shape index (κ1) is 12.4. The minimum absolute atomic E-state index is 0.0385. The van der Waals surface area contributed by atoms with Crippen LogP contribution in [0.3, 0.4) is 0 Å². The summed E-state index contributed by atoms with van der Waals surface area (Å²) in [6, 6.07) is 6.75. The number of likely N-dealkylation sites (tertiary alicyclic amines) is 1. The molecule has 18 heavy (non-hydrogen) atoms. The normalized spacial score (nSPS) is 23.1. The lowest BCUT2D eigenvalue weighted by molar-refractivity contribution is -0.141. The number of amides is 1. The van der Waals surface area contributed by atoms with Crippen LogP contribution in [0.2, 0.25) is 0 Å². The quantitative estimate of drug-likeness (QED) is 0.839. The lowest BCUT2D eigenvalue weighted by Gasteiger charge is -2.17. The van der Waals surface area contributed by atoms with Gasteiger partial charge in [-0.3, -0.25) is 4.90 Å². The number of aliphatic carboxylic acids is 1. The Hall–Kier alpha value is -2.04. The first-order valence-corrected chi connectivity index (χ1v) is 5.78. The Balaban J connectivity index is 2.26. The third kappa shape index (κ3) is 2.16. The van der Waals surface area contributed by atoms with E-state index in [-0.39, 0.29) is 12.5 Å². The molecule has 1 aromatic rings. The maximum absolute atomic E-state index is 11.1. The Morgan fingerprint density at radius 2 is 1.94 bits per heavy atom. The highest BCUT2D eigenvalue weighted by Gasteiger charge is 2.40. The summed E-state index contributed by atoms with van der Waals surface area (Å²) in [6.45, 7) is 2.20. The highest BCUT2D eigenvalue weighted by Crippen LogP contribution is 2.33. The van der Waals surface area contributed by atoms with Gasteiger partial charge in [-0.25, -0.2) is 9.59 Å². The van der Waals surface area contributed by atoms with Crippen LogP contribution in [0.25, 0.3) is 0 Å². The topological polar surface area (TPSA) is 77.8 Å². The van der Waals surface area contributed by atoms with E-state index < -0.39 is 18.1 Å². The zero-order chi connectivity index (χ0) is 13.3. The summed E-state index contributed by atoms with van der Waals surface area (Å²) in [5.74, 6) is -1.11. The molecule has 2 N–H and O–H groups in total. The van der Waals surface area contributed by atoms with Gasteiger partial charge in [0.2, 0.25) is 0 Å².